The van der Waals surface area contributed by atoms with Gasteiger partial charge >= 0.3 is 6.03 Å². The van der Waals surface area contributed by atoms with Crippen LogP contribution in [-0.2, 0) is 7.05 Å². The fraction of sp³-hybridized carbons (Fsp3) is 0.158. The predicted molar refractivity (Wildman–Crippen MR) is 96.6 cm³/mol. The summed E-state index contributed by atoms with van der Waals surface area (Å²) in [6, 6.07) is 12.1. The zero-order valence-corrected chi connectivity index (χ0v) is 14.4. The number of aromatic nitrogens is 2. The first-order chi connectivity index (χ1) is 12.6. The maximum Gasteiger partial charge on any atom is 0.320 e. The summed E-state index contributed by atoms with van der Waals surface area (Å²) in [5.41, 5.74) is 0.844. The van der Waals surface area contributed by atoms with Crippen molar-refractivity contribution in [3.8, 4) is 5.75 Å². The average Bonchev–Trinajstić information content (AvgIpc) is 3.06. The van der Waals surface area contributed by atoms with Crippen molar-refractivity contribution in [3.05, 3.63) is 78.1 Å². The van der Waals surface area contributed by atoms with Crippen LogP contribution in [0.1, 0.15) is 17.4 Å². The molecular formula is C19H19FN4O2. The second-order valence-electron chi connectivity index (χ2n) is 5.65. The first-order valence-corrected chi connectivity index (χ1v) is 8.02. The molecule has 0 radical (unpaired) electrons. The Kier molecular flexibility index (Phi) is 5.17. The standard InChI is InChI=1S/C19H19FN4O2/c1-24-12-11-21-18(24)17(13-7-3-4-8-14(13)20)23-19(25)22-15-9-5-6-10-16(15)26-2/h3-12,17H,1-2H3,(H2,22,23,25). The summed E-state index contributed by atoms with van der Waals surface area (Å²) in [6.45, 7) is 0. The molecule has 1 heterocycles. The van der Waals surface area contributed by atoms with E-state index in [9.17, 15) is 9.18 Å². The van der Waals surface area contributed by atoms with Gasteiger partial charge in [0.05, 0.1) is 12.8 Å². The highest BCUT2D eigenvalue weighted by Crippen LogP contribution is 2.25. The van der Waals surface area contributed by atoms with E-state index < -0.39 is 17.9 Å². The topological polar surface area (TPSA) is 68.2 Å². The van der Waals surface area contributed by atoms with Gasteiger partial charge in [0.15, 0.2) is 0 Å². The van der Waals surface area contributed by atoms with E-state index in [1.54, 1.807) is 66.5 Å². The third-order valence-corrected chi connectivity index (χ3v) is 3.96. The first-order valence-electron chi connectivity index (χ1n) is 8.02. The minimum absolute atomic E-state index is 0.331. The van der Waals surface area contributed by atoms with E-state index in [0.29, 0.717) is 22.8 Å². The number of carbonyl (C=O) groups excluding carboxylic acids is 1. The molecule has 1 atom stereocenters. The van der Waals surface area contributed by atoms with Crippen molar-refractivity contribution in [1.82, 2.24) is 14.9 Å². The van der Waals surface area contributed by atoms with E-state index in [-0.39, 0.29) is 0 Å². The van der Waals surface area contributed by atoms with Crippen LogP contribution in [0.25, 0.3) is 0 Å². The Balaban J connectivity index is 1.88. The molecule has 1 aromatic heterocycles. The van der Waals surface area contributed by atoms with Crippen molar-refractivity contribution in [2.45, 2.75) is 6.04 Å². The summed E-state index contributed by atoms with van der Waals surface area (Å²) < 4.78 is 21.3. The average molecular weight is 354 g/mol. The molecule has 3 rings (SSSR count). The van der Waals surface area contributed by atoms with E-state index in [0.717, 1.165) is 0 Å². The third-order valence-electron chi connectivity index (χ3n) is 3.96. The molecule has 2 N–H and O–H groups in total. The Bertz CT molecular complexity index is 910. The van der Waals surface area contributed by atoms with Crippen LogP contribution in [0, 0.1) is 5.82 Å². The van der Waals surface area contributed by atoms with Crippen molar-refractivity contribution in [2.24, 2.45) is 7.05 Å². The molecule has 0 spiro atoms. The number of carbonyl (C=O) groups is 1. The van der Waals surface area contributed by atoms with Crippen molar-refractivity contribution in [1.29, 1.82) is 0 Å². The molecule has 6 nitrogen and oxygen atoms in total. The lowest BCUT2D eigenvalue weighted by Crippen LogP contribution is -2.35. The van der Waals surface area contributed by atoms with Crippen molar-refractivity contribution in [2.75, 3.05) is 12.4 Å². The molecule has 0 fully saturated rings. The van der Waals surface area contributed by atoms with Crippen LogP contribution in [0.2, 0.25) is 0 Å². The van der Waals surface area contributed by atoms with E-state index >= 15 is 0 Å². The molecule has 134 valence electrons. The second-order valence-corrected chi connectivity index (χ2v) is 5.65. The lowest BCUT2D eigenvalue weighted by atomic mass is 10.1. The molecule has 2 aromatic carbocycles. The zero-order valence-electron chi connectivity index (χ0n) is 14.4. The number of hydrogen-bond donors (Lipinski definition) is 2. The molecule has 0 aliphatic heterocycles. The number of imidazole rings is 1. The van der Waals surface area contributed by atoms with Gasteiger partial charge in [0.2, 0.25) is 0 Å². The van der Waals surface area contributed by atoms with Crippen LogP contribution in [0.3, 0.4) is 0 Å². The maximum absolute atomic E-state index is 14.3. The molecule has 7 heteroatoms. The van der Waals surface area contributed by atoms with Gasteiger partial charge in [-0.3, -0.25) is 0 Å². The largest absolute Gasteiger partial charge is 0.495 e. The second kappa shape index (κ2) is 7.69. The summed E-state index contributed by atoms with van der Waals surface area (Å²) in [5, 5.41) is 5.52. The highest BCUT2D eigenvalue weighted by Gasteiger charge is 2.23. The molecule has 26 heavy (non-hydrogen) atoms. The minimum Gasteiger partial charge on any atom is -0.495 e. The number of amides is 2. The molecular weight excluding hydrogens is 335 g/mol. The number of aryl methyl sites for hydroxylation is 1. The van der Waals surface area contributed by atoms with Gasteiger partial charge in [0.1, 0.15) is 23.4 Å². The van der Waals surface area contributed by atoms with Crippen LogP contribution in [-0.4, -0.2) is 22.7 Å². The minimum atomic E-state index is -0.745. The van der Waals surface area contributed by atoms with Gasteiger partial charge in [0.25, 0.3) is 0 Å². The van der Waals surface area contributed by atoms with E-state index in [1.807, 2.05) is 0 Å². The van der Waals surface area contributed by atoms with Gasteiger partial charge < -0.3 is 19.9 Å². The zero-order chi connectivity index (χ0) is 18.5. The van der Waals surface area contributed by atoms with Crippen LogP contribution < -0.4 is 15.4 Å². The van der Waals surface area contributed by atoms with Crippen molar-refractivity contribution in [3.63, 3.8) is 0 Å². The van der Waals surface area contributed by atoms with Crippen LogP contribution in [0.5, 0.6) is 5.75 Å². The number of anilines is 1. The van der Waals surface area contributed by atoms with E-state index in [1.165, 1.54) is 13.2 Å². The van der Waals surface area contributed by atoms with Gasteiger partial charge in [0, 0.05) is 25.0 Å². The van der Waals surface area contributed by atoms with Gasteiger partial charge in [-0.2, -0.15) is 0 Å². The number of hydrogen-bond acceptors (Lipinski definition) is 3. The van der Waals surface area contributed by atoms with Gasteiger partial charge in [-0.05, 0) is 18.2 Å². The Morgan fingerprint density at radius 2 is 1.92 bits per heavy atom. The number of rotatable bonds is 5. The van der Waals surface area contributed by atoms with E-state index in [2.05, 4.69) is 15.6 Å². The van der Waals surface area contributed by atoms with Gasteiger partial charge in [-0.1, -0.05) is 30.3 Å². The Morgan fingerprint density at radius 1 is 1.19 bits per heavy atom. The molecule has 0 saturated carbocycles. The monoisotopic (exact) mass is 354 g/mol. The Labute approximate surface area is 150 Å². The maximum atomic E-state index is 14.3. The summed E-state index contributed by atoms with van der Waals surface area (Å²) in [4.78, 5) is 16.8. The summed E-state index contributed by atoms with van der Waals surface area (Å²) in [7, 11) is 3.31. The Morgan fingerprint density at radius 3 is 2.62 bits per heavy atom. The number of ether oxygens (including phenoxy) is 1. The number of halogens is 1. The van der Waals surface area contributed by atoms with Crippen LogP contribution in [0.15, 0.2) is 60.9 Å². The lowest BCUT2D eigenvalue weighted by Gasteiger charge is -2.20. The predicted octanol–water partition coefficient (Wildman–Crippen LogP) is 3.48. The van der Waals surface area contributed by atoms with Gasteiger partial charge in [-0.15, -0.1) is 0 Å². The number of urea groups is 1. The SMILES string of the molecule is COc1ccccc1NC(=O)NC(c1ccccc1F)c1nccn1C. The highest BCUT2D eigenvalue weighted by molar-refractivity contribution is 5.91. The fourth-order valence-corrected chi connectivity index (χ4v) is 2.68. The van der Waals surface area contributed by atoms with Crippen molar-refractivity contribution < 1.29 is 13.9 Å². The summed E-state index contributed by atoms with van der Waals surface area (Å²) in [5.74, 6) is 0.630. The summed E-state index contributed by atoms with van der Waals surface area (Å²) in [6.07, 6.45) is 3.34. The van der Waals surface area contributed by atoms with Crippen molar-refractivity contribution >= 4 is 11.7 Å². The highest BCUT2D eigenvalue weighted by atomic mass is 19.1. The number of benzene rings is 2. The first kappa shape index (κ1) is 17.5. The molecule has 0 aliphatic rings. The molecule has 1 unspecified atom stereocenters. The molecule has 0 saturated heterocycles. The Hall–Kier alpha value is -3.35. The third kappa shape index (κ3) is 3.66. The molecule has 0 bridgehead atoms. The fourth-order valence-electron chi connectivity index (χ4n) is 2.68. The lowest BCUT2D eigenvalue weighted by molar-refractivity contribution is 0.249. The molecule has 0 aliphatic carbocycles. The molecule has 3 aromatic rings. The van der Waals surface area contributed by atoms with Crippen LogP contribution in [0.4, 0.5) is 14.9 Å². The van der Waals surface area contributed by atoms with Crippen LogP contribution >= 0.6 is 0 Å². The van der Waals surface area contributed by atoms with Gasteiger partial charge in [-0.25, -0.2) is 14.2 Å². The molecule has 2 amide bonds. The summed E-state index contributed by atoms with van der Waals surface area (Å²) >= 11 is 0. The normalized spacial score (nSPS) is 11.7. The number of methoxy groups -OCH3 is 1. The van der Waals surface area contributed by atoms with E-state index in [4.69, 9.17) is 4.74 Å². The number of nitrogens with one attached hydrogen (secondary N) is 2. The number of para-hydroxylation sites is 2. The number of nitrogens with zero attached hydrogens (tertiary/aromatic N) is 2. The quantitative estimate of drug-likeness (QED) is 0.737. The smallest absolute Gasteiger partial charge is 0.320 e.